The third-order valence-corrected chi connectivity index (χ3v) is 6.83. The van der Waals surface area contributed by atoms with E-state index in [0.717, 1.165) is 31.6 Å². The molecule has 3 aromatic carbocycles. The van der Waals surface area contributed by atoms with Gasteiger partial charge in [-0.25, -0.2) is 4.98 Å². The highest BCUT2D eigenvalue weighted by molar-refractivity contribution is 6.14. The molecule has 1 amide bonds. The first kappa shape index (κ1) is 26.2. The van der Waals surface area contributed by atoms with Gasteiger partial charge in [-0.1, -0.05) is 12.1 Å². The van der Waals surface area contributed by atoms with Gasteiger partial charge in [-0.15, -0.1) is 0 Å². The molecule has 5 rings (SSSR count). The smallest absolute Gasteiger partial charge is 0.416 e. The van der Waals surface area contributed by atoms with E-state index in [-0.39, 0.29) is 23.6 Å². The van der Waals surface area contributed by atoms with Crippen LogP contribution in [-0.4, -0.2) is 54.0 Å². The summed E-state index contributed by atoms with van der Waals surface area (Å²) in [4.78, 5) is 25.4. The molecular formula is C28H27F3N6O2. The maximum atomic E-state index is 13.6. The summed E-state index contributed by atoms with van der Waals surface area (Å²) in [6.07, 6.45) is -2.20. The number of rotatable bonds is 6. The van der Waals surface area contributed by atoms with Crippen molar-refractivity contribution in [3.05, 3.63) is 78.0 Å². The summed E-state index contributed by atoms with van der Waals surface area (Å²) >= 11 is 0. The first-order valence-corrected chi connectivity index (χ1v) is 12.3. The van der Waals surface area contributed by atoms with Gasteiger partial charge >= 0.3 is 6.18 Å². The number of nitrogens with one attached hydrogen (secondary N) is 1. The van der Waals surface area contributed by atoms with Crippen LogP contribution in [0.15, 0.2) is 66.9 Å². The number of alkyl halides is 3. The Morgan fingerprint density at radius 3 is 2.69 bits per heavy atom. The lowest BCUT2D eigenvalue weighted by atomic mass is 10.0. The van der Waals surface area contributed by atoms with E-state index in [1.54, 1.807) is 36.4 Å². The van der Waals surface area contributed by atoms with E-state index in [9.17, 15) is 18.0 Å². The Morgan fingerprint density at radius 2 is 1.97 bits per heavy atom. The number of nitrogens with two attached hydrogens (primary N) is 1. The number of hydrogen-bond donors (Lipinski definition) is 2. The molecule has 3 N–H and O–H groups in total. The normalized spacial score (nSPS) is 15.9. The third-order valence-electron chi connectivity index (χ3n) is 6.83. The Hall–Kier alpha value is -4.38. The van der Waals surface area contributed by atoms with Gasteiger partial charge in [-0.05, 0) is 73.3 Å². The van der Waals surface area contributed by atoms with Gasteiger partial charge in [0.15, 0.2) is 0 Å². The number of anilines is 3. The molecule has 0 radical (unpaired) electrons. The van der Waals surface area contributed by atoms with Gasteiger partial charge in [0.25, 0.3) is 5.91 Å². The standard InChI is InChI=1S/C28H27F3N6O2/c1-36-13-11-19(16-36)37(2)24-9-6-18(28(29,30)31)15-23(24)34-26(38)22-5-3-4-17-14-20(7-8-21(17)22)39-25-10-12-33-27(32)35-25/h3-10,12,14-15,19H,11,13,16H2,1-2H3,(H,34,38)(H2,32,33,35). The summed E-state index contributed by atoms with van der Waals surface area (Å²) in [6.45, 7) is 1.67. The highest BCUT2D eigenvalue weighted by Gasteiger charge is 2.32. The van der Waals surface area contributed by atoms with E-state index in [0.29, 0.717) is 27.8 Å². The van der Waals surface area contributed by atoms with Crippen LogP contribution in [0.1, 0.15) is 22.3 Å². The van der Waals surface area contributed by atoms with E-state index in [2.05, 4.69) is 20.2 Å². The van der Waals surface area contributed by atoms with E-state index in [1.165, 1.54) is 12.3 Å². The van der Waals surface area contributed by atoms with E-state index in [1.807, 2.05) is 25.1 Å². The number of halogens is 3. The van der Waals surface area contributed by atoms with Gasteiger partial charge in [0, 0.05) is 37.5 Å². The molecule has 1 aliphatic heterocycles. The molecule has 4 aromatic rings. The van der Waals surface area contributed by atoms with Crippen LogP contribution < -0.4 is 20.7 Å². The van der Waals surface area contributed by atoms with Crippen LogP contribution in [0.3, 0.4) is 0 Å². The predicted octanol–water partition coefficient (Wildman–Crippen LogP) is 5.42. The molecule has 8 nitrogen and oxygen atoms in total. The summed E-state index contributed by atoms with van der Waals surface area (Å²) in [7, 11) is 3.84. The second-order valence-corrected chi connectivity index (χ2v) is 9.54. The van der Waals surface area contributed by atoms with Gasteiger partial charge in [0.1, 0.15) is 5.75 Å². The van der Waals surface area contributed by atoms with Crippen molar-refractivity contribution in [3.63, 3.8) is 0 Å². The number of nitrogen functional groups attached to an aromatic ring is 1. The van der Waals surface area contributed by atoms with Crippen molar-refractivity contribution in [1.82, 2.24) is 14.9 Å². The molecular weight excluding hydrogens is 509 g/mol. The fraction of sp³-hybridized carbons (Fsp3) is 0.250. The zero-order chi connectivity index (χ0) is 27.7. The second-order valence-electron chi connectivity index (χ2n) is 9.54. The number of fused-ring (bicyclic) bond motifs is 1. The third kappa shape index (κ3) is 5.73. The number of carbonyl (C=O) groups is 1. The molecule has 0 aliphatic carbocycles. The summed E-state index contributed by atoms with van der Waals surface area (Å²) < 4.78 is 46.5. The lowest BCUT2D eigenvalue weighted by Gasteiger charge is -2.29. The minimum absolute atomic E-state index is 0.0757. The van der Waals surface area contributed by atoms with Crippen LogP contribution in [0.2, 0.25) is 0 Å². The Bertz CT molecular complexity index is 1530. The lowest BCUT2D eigenvalue weighted by Crippen LogP contribution is -2.34. The van der Waals surface area contributed by atoms with Crippen molar-refractivity contribution in [2.24, 2.45) is 0 Å². The highest BCUT2D eigenvalue weighted by Crippen LogP contribution is 2.37. The molecule has 202 valence electrons. The number of ether oxygens (including phenoxy) is 1. The molecule has 1 unspecified atom stereocenters. The Labute approximate surface area is 223 Å². The Balaban J connectivity index is 1.45. The van der Waals surface area contributed by atoms with Crippen molar-refractivity contribution in [3.8, 4) is 11.6 Å². The number of amides is 1. The molecule has 2 heterocycles. The minimum Gasteiger partial charge on any atom is -0.439 e. The largest absolute Gasteiger partial charge is 0.439 e. The average Bonchev–Trinajstić information content (AvgIpc) is 3.33. The molecule has 1 fully saturated rings. The van der Waals surface area contributed by atoms with Crippen LogP contribution in [0.5, 0.6) is 11.6 Å². The van der Waals surface area contributed by atoms with E-state index in [4.69, 9.17) is 10.5 Å². The molecule has 39 heavy (non-hydrogen) atoms. The summed E-state index contributed by atoms with van der Waals surface area (Å²) in [5.41, 5.74) is 5.72. The van der Waals surface area contributed by atoms with Crippen LogP contribution in [-0.2, 0) is 6.18 Å². The summed E-state index contributed by atoms with van der Waals surface area (Å²) in [6, 6.07) is 15.4. The summed E-state index contributed by atoms with van der Waals surface area (Å²) in [5, 5.41) is 4.07. The topological polar surface area (TPSA) is 96.6 Å². The number of likely N-dealkylation sites (tertiary alicyclic amines) is 1. The quantitative estimate of drug-likeness (QED) is 0.340. The van der Waals surface area contributed by atoms with Gasteiger partial charge in [0.05, 0.1) is 16.9 Å². The molecule has 1 saturated heterocycles. The SMILES string of the molecule is CN1CCC(N(C)c2ccc(C(F)(F)F)cc2NC(=O)c2cccc3cc(Oc4ccnc(N)n4)ccc23)C1. The number of nitrogens with zero attached hydrogens (tertiary/aromatic N) is 4. The predicted molar refractivity (Wildman–Crippen MR) is 144 cm³/mol. The van der Waals surface area contributed by atoms with E-state index >= 15 is 0 Å². The molecule has 0 saturated carbocycles. The molecule has 1 aromatic heterocycles. The molecule has 11 heteroatoms. The lowest BCUT2D eigenvalue weighted by molar-refractivity contribution is -0.137. The zero-order valence-electron chi connectivity index (χ0n) is 21.4. The molecule has 1 aliphatic rings. The number of aromatic nitrogens is 2. The first-order valence-electron chi connectivity index (χ1n) is 12.3. The summed E-state index contributed by atoms with van der Waals surface area (Å²) in [5.74, 6) is 0.300. The number of hydrogen-bond acceptors (Lipinski definition) is 7. The van der Waals surface area contributed by atoms with Crippen LogP contribution in [0, 0.1) is 0 Å². The molecule has 0 bridgehead atoms. The van der Waals surface area contributed by atoms with Crippen molar-refractivity contribution < 1.29 is 22.7 Å². The molecule has 1 atom stereocenters. The van der Waals surface area contributed by atoms with Crippen LogP contribution in [0.4, 0.5) is 30.5 Å². The molecule has 0 spiro atoms. The maximum absolute atomic E-state index is 13.6. The van der Waals surface area contributed by atoms with Crippen molar-refractivity contribution in [2.45, 2.75) is 18.6 Å². The van der Waals surface area contributed by atoms with Crippen molar-refractivity contribution in [1.29, 1.82) is 0 Å². The second kappa shape index (κ2) is 10.4. The van der Waals surface area contributed by atoms with Gasteiger partial charge < -0.3 is 25.6 Å². The van der Waals surface area contributed by atoms with E-state index < -0.39 is 17.6 Å². The fourth-order valence-electron chi connectivity index (χ4n) is 4.79. The Morgan fingerprint density at radius 1 is 1.15 bits per heavy atom. The first-order chi connectivity index (χ1) is 18.6. The van der Waals surface area contributed by atoms with Gasteiger partial charge in [0.2, 0.25) is 11.8 Å². The van der Waals surface area contributed by atoms with Crippen LogP contribution >= 0.6 is 0 Å². The fourth-order valence-corrected chi connectivity index (χ4v) is 4.79. The average molecular weight is 537 g/mol. The van der Waals surface area contributed by atoms with Gasteiger partial charge in [-0.2, -0.15) is 18.2 Å². The number of likely N-dealkylation sites (N-methyl/N-ethyl adjacent to an activating group) is 2. The van der Waals surface area contributed by atoms with Crippen molar-refractivity contribution in [2.75, 3.05) is 43.1 Å². The highest BCUT2D eigenvalue weighted by atomic mass is 19.4. The van der Waals surface area contributed by atoms with Crippen molar-refractivity contribution >= 4 is 34.0 Å². The zero-order valence-corrected chi connectivity index (χ0v) is 21.4. The number of benzene rings is 3. The number of carbonyl (C=O) groups excluding carboxylic acids is 1. The van der Waals surface area contributed by atoms with Gasteiger partial charge in [-0.3, -0.25) is 4.79 Å². The van der Waals surface area contributed by atoms with Crippen LogP contribution in [0.25, 0.3) is 10.8 Å². The maximum Gasteiger partial charge on any atom is 0.416 e. The minimum atomic E-state index is -4.55. The Kier molecular flexibility index (Phi) is 7.00. The monoisotopic (exact) mass is 536 g/mol.